The van der Waals surface area contributed by atoms with Crippen LogP contribution in [0.1, 0.15) is 57.0 Å². The van der Waals surface area contributed by atoms with Crippen LogP contribution in [0.3, 0.4) is 0 Å². The first-order chi connectivity index (χ1) is 9.74. The van der Waals surface area contributed by atoms with Gasteiger partial charge < -0.3 is 5.32 Å². The van der Waals surface area contributed by atoms with Gasteiger partial charge in [-0.1, -0.05) is 13.8 Å². The van der Waals surface area contributed by atoms with Gasteiger partial charge in [-0.05, 0) is 43.5 Å². The Hall–Kier alpha value is -1.68. The molecule has 0 unspecified atom stereocenters. The molecule has 4 nitrogen and oxygen atoms in total. The van der Waals surface area contributed by atoms with E-state index < -0.39 is 0 Å². The predicted molar refractivity (Wildman–Crippen MR) is 81.3 cm³/mol. The highest BCUT2D eigenvalue weighted by Crippen LogP contribution is 2.15. The van der Waals surface area contributed by atoms with Crippen LogP contribution in [0.5, 0.6) is 0 Å². The summed E-state index contributed by atoms with van der Waals surface area (Å²) in [5.74, 6) is 0. The quantitative estimate of drug-likeness (QED) is 0.839. The minimum absolute atomic E-state index is 0.302. The van der Waals surface area contributed by atoms with E-state index in [1.165, 1.54) is 5.56 Å². The van der Waals surface area contributed by atoms with Gasteiger partial charge in [0.25, 0.3) is 0 Å². The SMILES string of the molecule is CCC(CC)n1ccc(CN[C@@H](C)c2ccncc2)n1. The minimum atomic E-state index is 0.302. The fourth-order valence-corrected chi connectivity index (χ4v) is 2.37. The molecule has 2 rings (SSSR count). The van der Waals surface area contributed by atoms with Crippen LogP contribution in [-0.4, -0.2) is 14.8 Å². The number of hydrogen-bond acceptors (Lipinski definition) is 3. The van der Waals surface area contributed by atoms with Crippen molar-refractivity contribution in [3.63, 3.8) is 0 Å². The van der Waals surface area contributed by atoms with E-state index in [4.69, 9.17) is 0 Å². The average Bonchev–Trinajstić information content (AvgIpc) is 2.96. The summed E-state index contributed by atoms with van der Waals surface area (Å²) >= 11 is 0. The molecule has 0 bridgehead atoms. The van der Waals surface area contributed by atoms with Gasteiger partial charge in [0, 0.05) is 31.2 Å². The van der Waals surface area contributed by atoms with E-state index in [9.17, 15) is 0 Å². The number of nitrogens with zero attached hydrogens (tertiary/aromatic N) is 3. The maximum atomic E-state index is 4.66. The predicted octanol–water partition coefficient (Wildman–Crippen LogP) is 3.49. The molecular weight excluding hydrogens is 248 g/mol. The van der Waals surface area contributed by atoms with Crippen molar-refractivity contribution < 1.29 is 0 Å². The van der Waals surface area contributed by atoms with Crippen LogP contribution in [0.4, 0.5) is 0 Å². The highest BCUT2D eigenvalue weighted by atomic mass is 15.3. The largest absolute Gasteiger partial charge is 0.304 e. The molecule has 0 aliphatic heterocycles. The van der Waals surface area contributed by atoms with Crippen LogP contribution in [-0.2, 0) is 6.54 Å². The summed E-state index contributed by atoms with van der Waals surface area (Å²) in [5, 5.41) is 8.16. The van der Waals surface area contributed by atoms with Gasteiger partial charge in [0.2, 0.25) is 0 Å². The van der Waals surface area contributed by atoms with Gasteiger partial charge in [-0.2, -0.15) is 5.10 Å². The molecule has 0 aliphatic carbocycles. The lowest BCUT2D eigenvalue weighted by Crippen LogP contribution is -2.18. The molecule has 0 saturated carbocycles. The van der Waals surface area contributed by atoms with Crippen LogP contribution >= 0.6 is 0 Å². The second kappa shape index (κ2) is 7.20. The zero-order valence-electron chi connectivity index (χ0n) is 12.6. The Morgan fingerprint density at radius 2 is 1.85 bits per heavy atom. The fourth-order valence-electron chi connectivity index (χ4n) is 2.37. The second-order valence-corrected chi connectivity index (χ2v) is 5.14. The lowest BCUT2D eigenvalue weighted by molar-refractivity contribution is 0.423. The molecule has 0 radical (unpaired) electrons. The summed E-state index contributed by atoms with van der Waals surface area (Å²) in [6.07, 6.45) is 7.99. The topological polar surface area (TPSA) is 42.7 Å². The van der Waals surface area contributed by atoms with Crippen molar-refractivity contribution in [2.75, 3.05) is 0 Å². The van der Waals surface area contributed by atoms with Crippen LogP contribution in [0, 0.1) is 0 Å². The van der Waals surface area contributed by atoms with Crippen LogP contribution < -0.4 is 5.32 Å². The molecule has 0 aliphatic rings. The summed E-state index contributed by atoms with van der Waals surface area (Å²) in [4.78, 5) is 4.04. The molecule has 1 atom stereocenters. The smallest absolute Gasteiger partial charge is 0.0762 e. The van der Waals surface area contributed by atoms with Gasteiger partial charge >= 0.3 is 0 Å². The summed E-state index contributed by atoms with van der Waals surface area (Å²) < 4.78 is 2.09. The van der Waals surface area contributed by atoms with Crippen molar-refractivity contribution in [2.24, 2.45) is 0 Å². The third-order valence-corrected chi connectivity index (χ3v) is 3.78. The van der Waals surface area contributed by atoms with Crippen molar-refractivity contribution >= 4 is 0 Å². The van der Waals surface area contributed by atoms with E-state index in [1.54, 1.807) is 0 Å². The number of aromatic nitrogens is 3. The van der Waals surface area contributed by atoms with Gasteiger partial charge in [0.15, 0.2) is 0 Å². The molecule has 0 aromatic carbocycles. The summed E-state index contributed by atoms with van der Waals surface area (Å²) in [7, 11) is 0. The lowest BCUT2D eigenvalue weighted by atomic mass is 10.1. The Bertz CT molecular complexity index is 502. The summed E-state index contributed by atoms with van der Waals surface area (Å²) in [6.45, 7) is 7.36. The van der Waals surface area contributed by atoms with E-state index >= 15 is 0 Å². The molecule has 4 heteroatoms. The molecule has 20 heavy (non-hydrogen) atoms. The fraction of sp³-hybridized carbons (Fsp3) is 0.500. The van der Waals surface area contributed by atoms with Crippen molar-refractivity contribution in [2.45, 2.75) is 52.2 Å². The average molecular weight is 272 g/mol. The number of hydrogen-bond donors (Lipinski definition) is 1. The maximum absolute atomic E-state index is 4.66. The lowest BCUT2D eigenvalue weighted by Gasteiger charge is -2.14. The molecule has 1 N–H and O–H groups in total. The van der Waals surface area contributed by atoms with Crippen molar-refractivity contribution in [3.05, 3.63) is 48.0 Å². The number of nitrogens with one attached hydrogen (secondary N) is 1. The van der Waals surface area contributed by atoms with Gasteiger partial charge in [-0.3, -0.25) is 9.67 Å². The molecule has 0 saturated heterocycles. The molecule has 2 aromatic heterocycles. The molecule has 0 fully saturated rings. The maximum Gasteiger partial charge on any atom is 0.0762 e. The first-order valence-electron chi connectivity index (χ1n) is 7.41. The molecule has 108 valence electrons. The van der Waals surface area contributed by atoms with E-state index in [0.717, 1.165) is 25.1 Å². The monoisotopic (exact) mass is 272 g/mol. The van der Waals surface area contributed by atoms with Crippen LogP contribution in [0.15, 0.2) is 36.8 Å². The van der Waals surface area contributed by atoms with E-state index in [0.29, 0.717) is 12.1 Å². The molecular formula is C16H24N4. The number of rotatable bonds is 7. The van der Waals surface area contributed by atoms with Gasteiger partial charge in [0.1, 0.15) is 0 Å². The van der Waals surface area contributed by atoms with E-state index in [1.807, 2.05) is 24.5 Å². The third-order valence-electron chi connectivity index (χ3n) is 3.78. The van der Waals surface area contributed by atoms with E-state index in [2.05, 4.69) is 53.1 Å². The molecule has 2 heterocycles. The van der Waals surface area contributed by atoms with Gasteiger partial charge in [0.05, 0.1) is 11.7 Å². The van der Waals surface area contributed by atoms with Crippen LogP contribution in [0.25, 0.3) is 0 Å². The van der Waals surface area contributed by atoms with Crippen LogP contribution in [0.2, 0.25) is 0 Å². The van der Waals surface area contributed by atoms with Gasteiger partial charge in [-0.25, -0.2) is 0 Å². The van der Waals surface area contributed by atoms with Crippen molar-refractivity contribution in [3.8, 4) is 0 Å². The highest BCUT2D eigenvalue weighted by Gasteiger charge is 2.09. The normalized spacial score (nSPS) is 12.8. The summed E-state index contributed by atoms with van der Waals surface area (Å²) in [5.41, 5.74) is 2.34. The Morgan fingerprint density at radius 1 is 1.15 bits per heavy atom. The number of pyridine rings is 1. The second-order valence-electron chi connectivity index (χ2n) is 5.14. The van der Waals surface area contributed by atoms with E-state index in [-0.39, 0.29) is 0 Å². The zero-order valence-corrected chi connectivity index (χ0v) is 12.6. The first kappa shape index (κ1) is 14.7. The Kier molecular flexibility index (Phi) is 5.30. The van der Waals surface area contributed by atoms with Crippen molar-refractivity contribution in [1.82, 2.24) is 20.1 Å². The molecule has 0 amide bonds. The van der Waals surface area contributed by atoms with Gasteiger partial charge in [-0.15, -0.1) is 0 Å². The minimum Gasteiger partial charge on any atom is -0.304 e. The first-order valence-corrected chi connectivity index (χ1v) is 7.41. The zero-order chi connectivity index (χ0) is 14.4. The standard InChI is InChI=1S/C16H24N4/c1-4-16(5-2)20-11-8-15(19-20)12-18-13(3)14-6-9-17-10-7-14/h6-11,13,16,18H,4-5,12H2,1-3H3/t13-/m0/s1. The Labute approximate surface area is 121 Å². The highest BCUT2D eigenvalue weighted by molar-refractivity contribution is 5.14. The Balaban J connectivity index is 1.91. The molecule has 2 aromatic rings. The van der Waals surface area contributed by atoms with Crippen molar-refractivity contribution in [1.29, 1.82) is 0 Å². The third kappa shape index (κ3) is 3.67. The Morgan fingerprint density at radius 3 is 2.50 bits per heavy atom. The summed E-state index contributed by atoms with van der Waals surface area (Å²) in [6, 6.07) is 7.00. The molecule has 0 spiro atoms.